The maximum absolute atomic E-state index is 11.7. The van der Waals surface area contributed by atoms with E-state index in [-0.39, 0.29) is 11.6 Å². The van der Waals surface area contributed by atoms with Gasteiger partial charge in [0.05, 0.1) is 0 Å². The Labute approximate surface area is 66.7 Å². The van der Waals surface area contributed by atoms with Crippen LogP contribution in [0.4, 0.5) is 8.78 Å². The van der Waals surface area contributed by atoms with E-state index in [0.29, 0.717) is 6.29 Å². The number of alkyl halides is 2. The monoisotopic (exact) mass is 176 g/mol. The van der Waals surface area contributed by atoms with Crippen LogP contribution in [0.5, 0.6) is 5.88 Å². The first-order valence-electron chi connectivity index (χ1n) is 3.07. The van der Waals surface area contributed by atoms with E-state index < -0.39 is 6.61 Å². The third-order valence-electron chi connectivity index (χ3n) is 1.19. The lowest BCUT2D eigenvalue weighted by Gasteiger charge is -2.01. The Morgan fingerprint density at radius 1 is 1.75 bits per heavy atom. The Balaban J connectivity index is 2.84. The van der Waals surface area contributed by atoms with Crippen molar-refractivity contribution in [2.45, 2.75) is 6.61 Å². The predicted octanol–water partition coefficient (Wildman–Crippen LogP) is 0.834. The van der Waals surface area contributed by atoms with Crippen LogP contribution in [-0.2, 0) is 7.05 Å². The molecule has 66 valence electrons. The lowest BCUT2D eigenvalue weighted by atomic mass is 10.5. The van der Waals surface area contributed by atoms with E-state index >= 15 is 0 Å². The first kappa shape index (κ1) is 8.63. The average molecular weight is 176 g/mol. The Kier molecular flexibility index (Phi) is 2.37. The van der Waals surface area contributed by atoms with Crippen molar-refractivity contribution in [3.8, 4) is 5.88 Å². The van der Waals surface area contributed by atoms with Crippen LogP contribution in [0.3, 0.4) is 0 Å². The SMILES string of the molecule is Cn1nc(C=O)cc1OC(F)F. The Morgan fingerprint density at radius 3 is 2.83 bits per heavy atom. The standard InChI is InChI=1S/C6H6F2N2O2/c1-10-5(12-6(7)8)2-4(3-11)9-10/h2-3,6H,1H3. The van der Waals surface area contributed by atoms with Crippen molar-refractivity contribution in [3.63, 3.8) is 0 Å². The molecule has 12 heavy (non-hydrogen) atoms. The minimum Gasteiger partial charge on any atom is -0.417 e. The summed E-state index contributed by atoms with van der Waals surface area (Å²) < 4.78 is 28.4. The molecule has 0 fully saturated rings. The number of halogens is 2. The average Bonchev–Trinajstić information content (AvgIpc) is 2.31. The quantitative estimate of drug-likeness (QED) is 0.641. The van der Waals surface area contributed by atoms with E-state index in [1.165, 1.54) is 7.05 Å². The third kappa shape index (κ3) is 1.77. The lowest BCUT2D eigenvalue weighted by Crippen LogP contribution is -2.05. The van der Waals surface area contributed by atoms with Gasteiger partial charge in [0.15, 0.2) is 6.29 Å². The van der Waals surface area contributed by atoms with Gasteiger partial charge in [0.1, 0.15) is 5.69 Å². The van der Waals surface area contributed by atoms with Gasteiger partial charge < -0.3 is 4.74 Å². The van der Waals surface area contributed by atoms with Crippen LogP contribution in [-0.4, -0.2) is 22.7 Å². The van der Waals surface area contributed by atoms with Crippen LogP contribution >= 0.6 is 0 Å². The van der Waals surface area contributed by atoms with Crippen molar-refractivity contribution in [1.29, 1.82) is 0 Å². The second-order valence-corrected chi connectivity index (χ2v) is 2.03. The van der Waals surface area contributed by atoms with Gasteiger partial charge in [-0.05, 0) is 0 Å². The maximum atomic E-state index is 11.7. The number of carbonyl (C=O) groups is 1. The Morgan fingerprint density at radius 2 is 2.42 bits per heavy atom. The maximum Gasteiger partial charge on any atom is 0.388 e. The highest BCUT2D eigenvalue weighted by molar-refractivity contribution is 5.72. The Hall–Kier alpha value is -1.46. The van der Waals surface area contributed by atoms with Crippen molar-refractivity contribution in [1.82, 2.24) is 9.78 Å². The van der Waals surface area contributed by atoms with Gasteiger partial charge in [-0.1, -0.05) is 0 Å². The predicted molar refractivity (Wildman–Crippen MR) is 35.2 cm³/mol. The molecule has 1 heterocycles. The van der Waals surface area contributed by atoms with Crippen molar-refractivity contribution in [2.75, 3.05) is 0 Å². The molecule has 0 aromatic carbocycles. The van der Waals surface area contributed by atoms with Crippen LogP contribution in [0.2, 0.25) is 0 Å². The molecule has 0 spiro atoms. The second-order valence-electron chi connectivity index (χ2n) is 2.03. The highest BCUT2D eigenvalue weighted by atomic mass is 19.3. The summed E-state index contributed by atoms with van der Waals surface area (Å²) in [4.78, 5) is 10.1. The molecular weight excluding hydrogens is 170 g/mol. The highest BCUT2D eigenvalue weighted by Crippen LogP contribution is 2.13. The first-order chi connectivity index (χ1) is 5.63. The third-order valence-corrected chi connectivity index (χ3v) is 1.19. The smallest absolute Gasteiger partial charge is 0.388 e. The van der Waals surface area contributed by atoms with E-state index in [9.17, 15) is 13.6 Å². The molecule has 1 aromatic rings. The number of hydrogen-bond acceptors (Lipinski definition) is 3. The topological polar surface area (TPSA) is 44.1 Å². The number of hydrogen-bond donors (Lipinski definition) is 0. The van der Waals surface area contributed by atoms with Gasteiger partial charge in [0.25, 0.3) is 0 Å². The van der Waals surface area contributed by atoms with Crippen molar-refractivity contribution in [2.24, 2.45) is 7.05 Å². The largest absolute Gasteiger partial charge is 0.417 e. The van der Waals surface area contributed by atoms with E-state index in [1.54, 1.807) is 0 Å². The van der Waals surface area contributed by atoms with E-state index in [0.717, 1.165) is 10.7 Å². The van der Waals surface area contributed by atoms with Gasteiger partial charge in [0.2, 0.25) is 5.88 Å². The molecule has 0 amide bonds. The molecule has 0 aliphatic carbocycles. The molecule has 0 radical (unpaired) electrons. The summed E-state index contributed by atoms with van der Waals surface area (Å²) in [5, 5.41) is 3.57. The van der Waals surface area contributed by atoms with E-state index in [2.05, 4.69) is 9.84 Å². The van der Waals surface area contributed by atoms with Crippen molar-refractivity contribution < 1.29 is 18.3 Å². The van der Waals surface area contributed by atoms with E-state index in [4.69, 9.17) is 0 Å². The van der Waals surface area contributed by atoms with Gasteiger partial charge in [-0.15, -0.1) is 0 Å². The van der Waals surface area contributed by atoms with Crippen molar-refractivity contribution in [3.05, 3.63) is 11.8 Å². The van der Waals surface area contributed by atoms with Gasteiger partial charge in [-0.3, -0.25) is 4.79 Å². The molecule has 0 saturated heterocycles. The number of rotatable bonds is 3. The second kappa shape index (κ2) is 3.29. The fourth-order valence-electron chi connectivity index (χ4n) is 0.730. The molecule has 0 saturated carbocycles. The van der Waals surface area contributed by atoms with Gasteiger partial charge in [-0.25, -0.2) is 4.68 Å². The van der Waals surface area contributed by atoms with E-state index in [1.807, 2.05) is 0 Å². The fraction of sp³-hybridized carbons (Fsp3) is 0.333. The first-order valence-corrected chi connectivity index (χ1v) is 3.07. The van der Waals surface area contributed by atoms with Crippen LogP contribution in [0.1, 0.15) is 10.5 Å². The van der Waals surface area contributed by atoms with Crippen LogP contribution in [0, 0.1) is 0 Å². The molecule has 0 bridgehead atoms. The molecule has 4 nitrogen and oxygen atoms in total. The lowest BCUT2D eigenvalue weighted by molar-refractivity contribution is -0.0553. The van der Waals surface area contributed by atoms with Gasteiger partial charge in [0, 0.05) is 13.1 Å². The molecule has 1 rings (SSSR count). The zero-order chi connectivity index (χ0) is 9.14. The summed E-state index contributed by atoms with van der Waals surface area (Å²) in [6.45, 7) is -2.90. The minimum absolute atomic E-state index is 0.0631. The van der Waals surface area contributed by atoms with Crippen molar-refractivity contribution >= 4 is 6.29 Å². The zero-order valence-electron chi connectivity index (χ0n) is 6.20. The van der Waals surface area contributed by atoms with Crippen LogP contribution in [0.25, 0.3) is 0 Å². The number of aldehydes is 1. The molecule has 0 aliphatic rings. The summed E-state index contributed by atoms with van der Waals surface area (Å²) in [5.41, 5.74) is 0.0631. The molecule has 0 N–H and O–H groups in total. The fourth-order valence-corrected chi connectivity index (χ4v) is 0.730. The molecule has 0 aliphatic heterocycles. The van der Waals surface area contributed by atoms with Crippen LogP contribution in [0.15, 0.2) is 6.07 Å². The van der Waals surface area contributed by atoms with Crippen LogP contribution < -0.4 is 4.74 Å². The highest BCUT2D eigenvalue weighted by Gasteiger charge is 2.10. The summed E-state index contributed by atoms with van der Waals surface area (Å²) in [6.07, 6.45) is 0.457. The Bertz CT molecular complexity index is 285. The zero-order valence-corrected chi connectivity index (χ0v) is 6.20. The minimum atomic E-state index is -2.90. The molecular formula is C6H6F2N2O2. The van der Waals surface area contributed by atoms with Gasteiger partial charge in [-0.2, -0.15) is 13.9 Å². The summed E-state index contributed by atoms with van der Waals surface area (Å²) in [5.74, 6) is -0.132. The molecule has 0 atom stereocenters. The molecule has 1 aromatic heterocycles. The summed E-state index contributed by atoms with van der Waals surface area (Å²) >= 11 is 0. The molecule has 6 heteroatoms. The number of aromatic nitrogens is 2. The number of nitrogens with zero attached hydrogens (tertiary/aromatic N) is 2. The normalized spacial score (nSPS) is 10.3. The number of ether oxygens (including phenoxy) is 1. The number of carbonyl (C=O) groups excluding carboxylic acids is 1. The number of aryl methyl sites for hydroxylation is 1. The summed E-state index contributed by atoms with van der Waals surface area (Å²) in [6, 6.07) is 1.14. The van der Waals surface area contributed by atoms with Gasteiger partial charge >= 0.3 is 6.61 Å². The molecule has 0 unspecified atom stereocenters. The summed E-state index contributed by atoms with van der Waals surface area (Å²) in [7, 11) is 1.41.